The standard InChI is InChI=1S/C8H9N3OS/c1-5-6(2-3-12-5)8-11-10-7(4-9)13-8/h2-3H,4,9H2,1H3. The van der Waals surface area contributed by atoms with Crippen molar-refractivity contribution in [1.82, 2.24) is 10.2 Å². The first-order valence-corrected chi connectivity index (χ1v) is 4.70. The van der Waals surface area contributed by atoms with E-state index >= 15 is 0 Å². The Hall–Kier alpha value is -1.20. The molecule has 0 aliphatic carbocycles. The summed E-state index contributed by atoms with van der Waals surface area (Å²) in [7, 11) is 0. The zero-order chi connectivity index (χ0) is 9.26. The topological polar surface area (TPSA) is 64.9 Å². The average molecular weight is 195 g/mol. The maximum atomic E-state index is 5.44. The SMILES string of the molecule is Cc1occc1-c1nnc(CN)s1. The van der Waals surface area contributed by atoms with Crippen LogP contribution < -0.4 is 5.73 Å². The number of hydrogen-bond acceptors (Lipinski definition) is 5. The number of hydrogen-bond donors (Lipinski definition) is 1. The third-order valence-electron chi connectivity index (χ3n) is 1.73. The highest BCUT2D eigenvalue weighted by molar-refractivity contribution is 7.14. The van der Waals surface area contributed by atoms with E-state index in [2.05, 4.69) is 10.2 Å². The molecule has 2 heterocycles. The third-order valence-corrected chi connectivity index (χ3v) is 2.71. The van der Waals surface area contributed by atoms with Gasteiger partial charge in [-0.05, 0) is 13.0 Å². The van der Waals surface area contributed by atoms with E-state index in [1.165, 1.54) is 11.3 Å². The number of furan rings is 1. The predicted octanol–water partition coefficient (Wildman–Crippen LogP) is 1.57. The highest BCUT2D eigenvalue weighted by Crippen LogP contribution is 2.26. The highest BCUT2D eigenvalue weighted by atomic mass is 32.1. The minimum Gasteiger partial charge on any atom is -0.469 e. The van der Waals surface area contributed by atoms with E-state index in [1.807, 2.05) is 13.0 Å². The fraction of sp³-hybridized carbons (Fsp3) is 0.250. The van der Waals surface area contributed by atoms with Gasteiger partial charge in [0.05, 0.1) is 11.8 Å². The van der Waals surface area contributed by atoms with Crippen LogP contribution in [0.25, 0.3) is 10.6 Å². The molecular weight excluding hydrogens is 186 g/mol. The minimum atomic E-state index is 0.439. The quantitative estimate of drug-likeness (QED) is 0.789. The predicted molar refractivity (Wildman–Crippen MR) is 50.2 cm³/mol. The number of aromatic nitrogens is 2. The fourth-order valence-corrected chi connectivity index (χ4v) is 1.84. The van der Waals surface area contributed by atoms with Crippen molar-refractivity contribution >= 4 is 11.3 Å². The number of nitrogens with two attached hydrogens (primary N) is 1. The molecule has 0 saturated heterocycles. The van der Waals surface area contributed by atoms with Crippen molar-refractivity contribution in [3.8, 4) is 10.6 Å². The molecule has 13 heavy (non-hydrogen) atoms. The Morgan fingerprint density at radius 2 is 2.38 bits per heavy atom. The normalized spacial score (nSPS) is 10.6. The second-order valence-corrected chi connectivity index (χ2v) is 3.66. The summed E-state index contributed by atoms with van der Waals surface area (Å²) in [5, 5.41) is 9.66. The number of rotatable bonds is 2. The molecule has 0 amide bonds. The van der Waals surface area contributed by atoms with E-state index in [0.29, 0.717) is 6.54 Å². The second-order valence-electron chi connectivity index (χ2n) is 2.60. The lowest BCUT2D eigenvalue weighted by atomic mass is 10.3. The summed E-state index contributed by atoms with van der Waals surface area (Å²) in [5.74, 6) is 0.861. The van der Waals surface area contributed by atoms with E-state index in [4.69, 9.17) is 10.2 Å². The second kappa shape index (κ2) is 3.27. The van der Waals surface area contributed by atoms with Crippen molar-refractivity contribution in [3.05, 3.63) is 23.1 Å². The van der Waals surface area contributed by atoms with Crippen molar-refractivity contribution < 1.29 is 4.42 Å². The Bertz CT molecular complexity index is 407. The van der Waals surface area contributed by atoms with Gasteiger partial charge in [0.2, 0.25) is 0 Å². The molecule has 0 aliphatic heterocycles. The van der Waals surface area contributed by atoms with Crippen LogP contribution in [0.3, 0.4) is 0 Å². The first kappa shape index (κ1) is 8.40. The summed E-state index contributed by atoms with van der Waals surface area (Å²) < 4.78 is 5.17. The lowest BCUT2D eigenvalue weighted by Crippen LogP contribution is -1.94. The molecule has 0 unspecified atom stereocenters. The summed E-state index contributed by atoms with van der Waals surface area (Å²) in [5.41, 5.74) is 6.44. The Balaban J connectivity index is 2.41. The number of aryl methyl sites for hydroxylation is 1. The van der Waals surface area contributed by atoms with Gasteiger partial charge in [-0.15, -0.1) is 10.2 Å². The fourth-order valence-electron chi connectivity index (χ4n) is 1.05. The largest absolute Gasteiger partial charge is 0.469 e. The van der Waals surface area contributed by atoms with Crippen molar-refractivity contribution in [2.45, 2.75) is 13.5 Å². The van der Waals surface area contributed by atoms with E-state index in [0.717, 1.165) is 21.3 Å². The molecule has 2 rings (SSSR count). The average Bonchev–Trinajstić information content (AvgIpc) is 2.71. The first-order valence-electron chi connectivity index (χ1n) is 3.88. The van der Waals surface area contributed by atoms with Gasteiger partial charge in [0, 0.05) is 6.54 Å². The van der Waals surface area contributed by atoms with Crippen molar-refractivity contribution in [2.24, 2.45) is 5.73 Å². The van der Waals surface area contributed by atoms with Gasteiger partial charge >= 0.3 is 0 Å². The molecule has 68 valence electrons. The third kappa shape index (κ3) is 1.48. The van der Waals surface area contributed by atoms with Crippen molar-refractivity contribution in [3.63, 3.8) is 0 Å². The van der Waals surface area contributed by atoms with Gasteiger partial charge in [-0.3, -0.25) is 0 Å². The molecule has 0 atom stereocenters. The molecule has 0 radical (unpaired) electrons. The molecule has 0 spiro atoms. The number of nitrogens with zero attached hydrogens (tertiary/aromatic N) is 2. The van der Waals surface area contributed by atoms with Gasteiger partial charge in [-0.25, -0.2) is 0 Å². The Kier molecular flexibility index (Phi) is 2.12. The Labute approximate surface area is 79.4 Å². The van der Waals surface area contributed by atoms with Crippen molar-refractivity contribution in [2.75, 3.05) is 0 Å². The lowest BCUT2D eigenvalue weighted by Gasteiger charge is -1.88. The van der Waals surface area contributed by atoms with Gasteiger partial charge in [0.25, 0.3) is 0 Å². The van der Waals surface area contributed by atoms with E-state index in [1.54, 1.807) is 6.26 Å². The smallest absolute Gasteiger partial charge is 0.151 e. The molecule has 0 bridgehead atoms. The molecule has 0 saturated carbocycles. The summed E-state index contributed by atoms with van der Waals surface area (Å²) in [6.45, 7) is 2.34. The van der Waals surface area contributed by atoms with E-state index in [-0.39, 0.29) is 0 Å². The molecule has 0 aromatic carbocycles. The van der Waals surface area contributed by atoms with Gasteiger partial charge in [0.1, 0.15) is 10.8 Å². The van der Waals surface area contributed by atoms with Crippen LogP contribution in [-0.4, -0.2) is 10.2 Å². The molecule has 2 aromatic heterocycles. The van der Waals surface area contributed by atoms with Gasteiger partial charge < -0.3 is 10.2 Å². The van der Waals surface area contributed by atoms with Crippen LogP contribution >= 0.6 is 11.3 Å². The zero-order valence-electron chi connectivity index (χ0n) is 7.15. The van der Waals surface area contributed by atoms with Crippen LogP contribution in [-0.2, 0) is 6.54 Å². The van der Waals surface area contributed by atoms with Gasteiger partial charge in [-0.2, -0.15) is 0 Å². The summed E-state index contributed by atoms with van der Waals surface area (Å²) in [6.07, 6.45) is 1.65. The minimum absolute atomic E-state index is 0.439. The van der Waals surface area contributed by atoms with Gasteiger partial charge in [-0.1, -0.05) is 11.3 Å². The summed E-state index contributed by atoms with van der Waals surface area (Å²) in [4.78, 5) is 0. The van der Waals surface area contributed by atoms with Crippen LogP contribution in [0.2, 0.25) is 0 Å². The van der Waals surface area contributed by atoms with Crippen LogP contribution in [0.5, 0.6) is 0 Å². The highest BCUT2D eigenvalue weighted by Gasteiger charge is 2.09. The summed E-state index contributed by atoms with van der Waals surface area (Å²) >= 11 is 1.50. The van der Waals surface area contributed by atoms with Crippen molar-refractivity contribution in [1.29, 1.82) is 0 Å². The molecule has 2 aromatic rings. The Morgan fingerprint density at radius 3 is 2.92 bits per heavy atom. The molecule has 0 fully saturated rings. The molecule has 0 aliphatic rings. The monoisotopic (exact) mass is 195 g/mol. The lowest BCUT2D eigenvalue weighted by molar-refractivity contribution is 0.535. The Morgan fingerprint density at radius 1 is 1.54 bits per heavy atom. The maximum absolute atomic E-state index is 5.44. The summed E-state index contributed by atoms with van der Waals surface area (Å²) in [6, 6.07) is 1.89. The van der Waals surface area contributed by atoms with Crippen LogP contribution in [0.15, 0.2) is 16.7 Å². The van der Waals surface area contributed by atoms with E-state index < -0.39 is 0 Å². The maximum Gasteiger partial charge on any atom is 0.151 e. The first-order chi connectivity index (χ1) is 6.31. The molecule has 5 heteroatoms. The zero-order valence-corrected chi connectivity index (χ0v) is 7.97. The molecule has 4 nitrogen and oxygen atoms in total. The van der Waals surface area contributed by atoms with Crippen LogP contribution in [0, 0.1) is 6.92 Å². The molecule has 2 N–H and O–H groups in total. The van der Waals surface area contributed by atoms with Crippen LogP contribution in [0.4, 0.5) is 0 Å². The van der Waals surface area contributed by atoms with Gasteiger partial charge in [0.15, 0.2) is 5.01 Å². The van der Waals surface area contributed by atoms with Crippen LogP contribution in [0.1, 0.15) is 10.8 Å². The van der Waals surface area contributed by atoms with E-state index in [9.17, 15) is 0 Å². The molecular formula is C8H9N3OS.